The van der Waals surface area contributed by atoms with Crippen molar-refractivity contribution in [3.8, 4) is 0 Å². The maximum atomic E-state index is 5.50. The zero-order chi connectivity index (χ0) is 14.4. The third-order valence-corrected chi connectivity index (χ3v) is 4.47. The molecule has 20 heavy (non-hydrogen) atoms. The summed E-state index contributed by atoms with van der Waals surface area (Å²) in [5.41, 5.74) is 0. The monoisotopic (exact) mass is 282 g/mol. The van der Waals surface area contributed by atoms with Gasteiger partial charge in [0.2, 0.25) is 0 Å². The van der Waals surface area contributed by atoms with E-state index >= 15 is 0 Å². The van der Waals surface area contributed by atoms with E-state index < -0.39 is 0 Å². The summed E-state index contributed by atoms with van der Waals surface area (Å²) < 4.78 is 5.50. The number of aliphatic imine (C=N–C) groups is 1. The Balaban J connectivity index is 1.74. The molecule has 1 saturated heterocycles. The highest BCUT2D eigenvalue weighted by Gasteiger charge is 2.24. The maximum absolute atomic E-state index is 5.50. The van der Waals surface area contributed by atoms with E-state index in [1.807, 2.05) is 7.05 Å². The van der Waals surface area contributed by atoms with Crippen LogP contribution in [0.4, 0.5) is 0 Å². The number of nitrogens with one attached hydrogen (secondary N) is 2. The van der Waals surface area contributed by atoms with Gasteiger partial charge < -0.3 is 15.4 Å². The summed E-state index contributed by atoms with van der Waals surface area (Å²) in [6.45, 7) is 8.16. The van der Waals surface area contributed by atoms with Gasteiger partial charge in [0.05, 0.1) is 13.2 Å². The van der Waals surface area contributed by atoms with Crippen molar-refractivity contribution in [2.24, 2.45) is 4.99 Å². The van der Waals surface area contributed by atoms with E-state index in [9.17, 15) is 0 Å². The molecule has 0 radical (unpaired) electrons. The summed E-state index contributed by atoms with van der Waals surface area (Å²) in [6.07, 6.45) is 5.24. The number of ether oxygens (including phenoxy) is 1. The van der Waals surface area contributed by atoms with Gasteiger partial charge in [0, 0.05) is 38.3 Å². The number of rotatable bonds is 4. The van der Waals surface area contributed by atoms with Crippen LogP contribution in [0.25, 0.3) is 0 Å². The number of hydrogen-bond donors (Lipinski definition) is 2. The molecule has 1 aliphatic carbocycles. The summed E-state index contributed by atoms with van der Waals surface area (Å²) in [7, 11) is 1.85. The Kier molecular flexibility index (Phi) is 6.10. The van der Waals surface area contributed by atoms with Crippen LogP contribution in [-0.4, -0.2) is 62.3 Å². The molecule has 2 rings (SSSR count). The van der Waals surface area contributed by atoms with Crippen LogP contribution in [0.5, 0.6) is 0 Å². The molecular formula is C15H30N4O. The molecule has 0 bridgehead atoms. The number of guanidine groups is 1. The van der Waals surface area contributed by atoms with Crippen LogP contribution < -0.4 is 10.6 Å². The Labute approximate surface area is 123 Å². The van der Waals surface area contributed by atoms with Gasteiger partial charge in [-0.25, -0.2) is 0 Å². The van der Waals surface area contributed by atoms with Crippen LogP contribution in [0, 0.1) is 0 Å². The van der Waals surface area contributed by atoms with Gasteiger partial charge in [0.1, 0.15) is 0 Å². The first kappa shape index (κ1) is 15.6. The molecule has 1 heterocycles. The van der Waals surface area contributed by atoms with Crippen molar-refractivity contribution >= 4 is 5.96 Å². The van der Waals surface area contributed by atoms with Gasteiger partial charge in [-0.05, 0) is 26.7 Å². The maximum Gasteiger partial charge on any atom is 0.191 e. The lowest BCUT2D eigenvalue weighted by Crippen LogP contribution is -2.53. The molecule has 2 aliphatic rings. The highest BCUT2D eigenvalue weighted by atomic mass is 16.5. The molecule has 5 nitrogen and oxygen atoms in total. The van der Waals surface area contributed by atoms with E-state index in [-0.39, 0.29) is 0 Å². The van der Waals surface area contributed by atoms with Crippen molar-refractivity contribution in [1.29, 1.82) is 0 Å². The zero-order valence-corrected chi connectivity index (χ0v) is 13.2. The smallest absolute Gasteiger partial charge is 0.191 e. The second kappa shape index (κ2) is 7.84. The quantitative estimate of drug-likeness (QED) is 0.601. The largest absolute Gasteiger partial charge is 0.379 e. The Morgan fingerprint density at radius 3 is 2.80 bits per heavy atom. The first-order valence-electron chi connectivity index (χ1n) is 8.01. The number of nitrogens with zero attached hydrogens (tertiary/aromatic N) is 2. The van der Waals surface area contributed by atoms with Gasteiger partial charge in [-0.15, -0.1) is 0 Å². The minimum absolute atomic E-state index is 0.496. The molecule has 0 aromatic heterocycles. The van der Waals surface area contributed by atoms with E-state index in [1.165, 1.54) is 25.7 Å². The molecule has 116 valence electrons. The number of hydrogen-bond acceptors (Lipinski definition) is 3. The van der Waals surface area contributed by atoms with Crippen molar-refractivity contribution in [2.75, 3.05) is 33.4 Å². The molecule has 2 unspecified atom stereocenters. The van der Waals surface area contributed by atoms with Gasteiger partial charge >= 0.3 is 0 Å². The van der Waals surface area contributed by atoms with Gasteiger partial charge in [0.15, 0.2) is 5.96 Å². The molecule has 0 aromatic carbocycles. The standard InChI is InChI=1S/C15H30N4O/c1-12(19-8-9-20-11-13(19)2)10-17-15(16-3)18-14-6-4-5-7-14/h12-14H,4-11H2,1-3H3,(H2,16,17,18). The Hall–Kier alpha value is -0.810. The van der Waals surface area contributed by atoms with Crippen LogP contribution in [-0.2, 0) is 4.74 Å². The fourth-order valence-corrected chi connectivity index (χ4v) is 3.21. The van der Waals surface area contributed by atoms with Gasteiger partial charge in [-0.1, -0.05) is 12.8 Å². The average Bonchev–Trinajstić information content (AvgIpc) is 2.96. The molecule has 1 aliphatic heterocycles. The second-order valence-electron chi connectivity index (χ2n) is 6.09. The average molecular weight is 282 g/mol. The van der Waals surface area contributed by atoms with Crippen LogP contribution in [0.1, 0.15) is 39.5 Å². The Bertz CT molecular complexity index is 315. The molecule has 0 amide bonds. The van der Waals surface area contributed by atoms with Crippen LogP contribution in [0.2, 0.25) is 0 Å². The fraction of sp³-hybridized carbons (Fsp3) is 0.933. The third kappa shape index (κ3) is 4.35. The molecular weight excluding hydrogens is 252 g/mol. The van der Waals surface area contributed by atoms with E-state index in [0.717, 1.165) is 32.3 Å². The highest BCUT2D eigenvalue weighted by molar-refractivity contribution is 5.80. The van der Waals surface area contributed by atoms with E-state index in [4.69, 9.17) is 4.74 Å². The van der Waals surface area contributed by atoms with Gasteiger partial charge in [0.25, 0.3) is 0 Å². The van der Waals surface area contributed by atoms with E-state index in [2.05, 4.69) is 34.4 Å². The van der Waals surface area contributed by atoms with E-state index in [0.29, 0.717) is 18.1 Å². The van der Waals surface area contributed by atoms with Crippen molar-refractivity contribution < 1.29 is 4.74 Å². The third-order valence-electron chi connectivity index (χ3n) is 4.47. The van der Waals surface area contributed by atoms with Crippen LogP contribution >= 0.6 is 0 Å². The normalized spacial score (nSPS) is 27.6. The second-order valence-corrected chi connectivity index (χ2v) is 6.09. The zero-order valence-electron chi connectivity index (χ0n) is 13.2. The predicted octanol–water partition coefficient (Wildman–Crippen LogP) is 1.20. The first-order chi connectivity index (χ1) is 9.70. The topological polar surface area (TPSA) is 48.9 Å². The van der Waals surface area contributed by atoms with E-state index in [1.54, 1.807) is 0 Å². The highest BCUT2D eigenvalue weighted by Crippen LogP contribution is 2.17. The van der Waals surface area contributed by atoms with Crippen molar-refractivity contribution in [3.63, 3.8) is 0 Å². The lowest BCUT2D eigenvalue weighted by Gasteiger charge is -2.38. The minimum atomic E-state index is 0.496. The molecule has 2 N–H and O–H groups in total. The molecule has 2 atom stereocenters. The molecule has 2 fully saturated rings. The summed E-state index contributed by atoms with van der Waals surface area (Å²) in [6, 6.07) is 1.61. The van der Waals surface area contributed by atoms with Crippen molar-refractivity contribution in [2.45, 2.75) is 57.7 Å². The van der Waals surface area contributed by atoms with Crippen LogP contribution in [0.3, 0.4) is 0 Å². The van der Waals surface area contributed by atoms with Gasteiger partial charge in [-0.2, -0.15) is 0 Å². The fourth-order valence-electron chi connectivity index (χ4n) is 3.21. The van der Waals surface area contributed by atoms with Crippen LogP contribution in [0.15, 0.2) is 4.99 Å². The molecule has 1 saturated carbocycles. The first-order valence-corrected chi connectivity index (χ1v) is 8.01. The molecule has 0 spiro atoms. The summed E-state index contributed by atoms with van der Waals surface area (Å²) in [4.78, 5) is 6.85. The van der Waals surface area contributed by atoms with Gasteiger partial charge in [-0.3, -0.25) is 9.89 Å². The Morgan fingerprint density at radius 1 is 1.40 bits per heavy atom. The summed E-state index contributed by atoms with van der Waals surface area (Å²) in [5.74, 6) is 0.949. The summed E-state index contributed by atoms with van der Waals surface area (Å²) in [5, 5.41) is 7.00. The summed E-state index contributed by atoms with van der Waals surface area (Å²) >= 11 is 0. The number of morpholine rings is 1. The SMILES string of the molecule is CN=C(NCC(C)N1CCOCC1C)NC1CCCC1. The van der Waals surface area contributed by atoms with Crippen molar-refractivity contribution in [1.82, 2.24) is 15.5 Å². The predicted molar refractivity (Wildman–Crippen MR) is 83.2 cm³/mol. The molecule has 0 aromatic rings. The minimum Gasteiger partial charge on any atom is -0.379 e. The Morgan fingerprint density at radius 2 is 2.15 bits per heavy atom. The lowest BCUT2D eigenvalue weighted by molar-refractivity contribution is -0.0174. The lowest BCUT2D eigenvalue weighted by atomic mass is 10.2. The molecule has 5 heteroatoms. The van der Waals surface area contributed by atoms with Crippen molar-refractivity contribution in [3.05, 3.63) is 0 Å².